The number of carbonyl (C=O) groups excluding carboxylic acids is 1. The minimum atomic E-state index is -0.275. The van der Waals surface area contributed by atoms with Crippen LogP contribution >= 0.6 is 0 Å². The van der Waals surface area contributed by atoms with Crippen LogP contribution in [0.15, 0.2) is 66.7 Å². The van der Waals surface area contributed by atoms with Crippen LogP contribution in [0, 0.1) is 0 Å². The van der Waals surface area contributed by atoms with E-state index in [-0.39, 0.29) is 5.97 Å². The van der Waals surface area contributed by atoms with Gasteiger partial charge in [-0.15, -0.1) is 0 Å². The average molecular weight is 409 g/mol. The highest BCUT2D eigenvalue weighted by molar-refractivity contribution is 5.86. The Morgan fingerprint density at radius 1 is 0.700 bits per heavy atom. The van der Waals surface area contributed by atoms with Gasteiger partial charge in [-0.2, -0.15) is 0 Å². The second-order valence-electron chi connectivity index (χ2n) is 7.84. The van der Waals surface area contributed by atoms with Crippen LogP contribution in [0.1, 0.15) is 64.7 Å². The first-order chi connectivity index (χ1) is 14.7. The van der Waals surface area contributed by atoms with Crippen LogP contribution in [-0.4, -0.2) is 19.2 Å². The van der Waals surface area contributed by atoms with E-state index in [0.29, 0.717) is 12.2 Å². The van der Waals surface area contributed by atoms with E-state index in [1.54, 1.807) is 6.92 Å². The van der Waals surface area contributed by atoms with E-state index in [2.05, 4.69) is 55.1 Å². The second-order valence-corrected chi connectivity index (χ2v) is 7.84. The third kappa shape index (κ3) is 9.78. The summed E-state index contributed by atoms with van der Waals surface area (Å²) in [5, 5.41) is 0. The van der Waals surface area contributed by atoms with Crippen molar-refractivity contribution >= 4 is 5.97 Å². The molecule has 0 aliphatic rings. The van der Waals surface area contributed by atoms with Crippen LogP contribution in [0.2, 0.25) is 0 Å². The fraction of sp³-hybridized carbons (Fsp3) is 0.444. The first kappa shape index (κ1) is 23.7. The Hall–Kier alpha value is -2.55. The molecule has 162 valence electrons. The summed E-state index contributed by atoms with van der Waals surface area (Å²) >= 11 is 0. The van der Waals surface area contributed by atoms with Crippen LogP contribution in [0.4, 0.5) is 0 Å². The monoisotopic (exact) mass is 408 g/mol. The highest BCUT2D eigenvalue weighted by Gasteiger charge is 2.02. The Bertz CT molecular complexity index is 734. The molecule has 3 nitrogen and oxygen atoms in total. The molecule has 0 spiro atoms. The quantitative estimate of drug-likeness (QED) is 0.175. The van der Waals surface area contributed by atoms with Crippen LogP contribution in [0.5, 0.6) is 5.75 Å². The molecular formula is C27H36O3. The smallest absolute Gasteiger partial charge is 0.333 e. The second kappa shape index (κ2) is 14.4. The zero-order valence-corrected chi connectivity index (χ0v) is 18.4. The molecule has 0 atom stereocenters. The number of benzene rings is 2. The minimum Gasteiger partial charge on any atom is -0.494 e. The molecule has 0 heterocycles. The van der Waals surface area contributed by atoms with Gasteiger partial charge in [-0.05, 0) is 43.0 Å². The van der Waals surface area contributed by atoms with Gasteiger partial charge < -0.3 is 9.47 Å². The van der Waals surface area contributed by atoms with Gasteiger partial charge in [-0.25, -0.2) is 4.79 Å². The number of hydrogen-bond acceptors (Lipinski definition) is 3. The van der Waals surface area contributed by atoms with Gasteiger partial charge in [0.1, 0.15) is 5.75 Å². The van der Waals surface area contributed by atoms with E-state index in [0.717, 1.165) is 31.6 Å². The first-order valence-corrected chi connectivity index (χ1v) is 11.3. The minimum absolute atomic E-state index is 0.275. The van der Waals surface area contributed by atoms with E-state index in [4.69, 9.17) is 9.47 Å². The number of esters is 1. The highest BCUT2D eigenvalue weighted by atomic mass is 16.5. The molecule has 0 saturated heterocycles. The number of rotatable bonds is 15. The molecule has 0 aliphatic heterocycles. The lowest BCUT2D eigenvalue weighted by atomic mass is 10.1. The van der Waals surface area contributed by atoms with Crippen LogP contribution < -0.4 is 4.74 Å². The maximum absolute atomic E-state index is 11.2. The molecule has 2 aromatic rings. The topological polar surface area (TPSA) is 35.5 Å². The summed E-state index contributed by atoms with van der Waals surface area (Å²) in [5.41, 5.74) is 2.92. The molecule has 0 fully saturated rings. The lowest BCUT2D eigenvalue weighted by Crippen LogP contribution is -2.05. The van der Waals surface area contributed by atoms with E-state index < -0.39 is 0 Å². The van der Waals surface area contributed by atoms with Crippen molar-refractivity contribution in [2.24, 2.45) is 0 Å². The lowest BCUT2D eigenvalue weighted by Gasteiger charge is -2.08. The SMILES string of the molecule is C=C(C)C(=O)OCCCCCCCCCCCOc1ccc(-c2ccccc2)cc1. The molecule has 3 heteroatoms. The fourth-order valence-corrected chi connectivity index (χ4v) is 3.29. The molecule has 0 saturated carbocycles. The van der Waals surface area contributed by atoms with Crippen molar-refractivity contribution in [3.63, 3.8) is 0 Å². The summed E-state index contributed by atoms with van der Waals surface area (Å²) in [6, 6.07) is 18.8. The Labute approximate surface area is 182 Å². The molecule has 0 aliphatic carbocycles. The molecule has 0 radical (unpaired) electrons. The van der Waals surface area contributed by atoms with Crippen molar-refractivity contribution in [3.05, 3.63) is 66.7 Å². The predicted molar refractivity (Wildman–Crippen MR) is 125 cm³/mol. The standard InChI is InChI=1S/C27H36O3/c1-23(2)27(28)30-22-14-9-7-5-3-4-6-8-13-21-29-26-19-17-25(18-20-26)24-15-11-10-12-16-24/h10-12,15-20H,1,3-9,13-14,21-22H2,2H3. The Balaban J connectivity index is 1.41. The van der Waals surface area contributed by atoms with Crippen molar-refractivity contribution in [1.82, 2.24) is 0 Å². The summed E-state index contributed by atoms with van der Waals surface area (Å²) in [5.74, 6) is 0.673. The van der Waals surface area contributed by atoms with Gasteiger partial charge in [0.15, 0.2) is 0 Å². The lowest BCUT2D eigenvalue weighted by molar-refractivity contribution is -0.139. The highest BCUT2D eigenvalue weighted by Crippen LogP contribution is 2.22. The van der Waals surface area contributed by atoms with E-state index in [1.165, 1.54) is 49.7 Å². The molecular weight excluding hydrogens is 372 g/mol. The van der Waals surface area contributed by atoms with Crippen molar-refractivity contribution in [2.45, 2.75) is 64.7 Å². The van der Waals surface area contributed by atoms with Crippen LogP contribution in [-0.2, 0) is 9.53 Å². The molecule has 0 N–H and O–H groups in total. The largest absolute Gasteiger partial charge is 0.494 e. The van der Waals surface area contributed by atoms with Gasteiger partial charge in [0.25, 0.3) is 0 Å². The van der Waals surface area contributed by atoms with Crippen LogP contribution in [0.25, 0.3) is 11.1 Å². The van der Waals surface area contributed by atoms with Gasteiger partial charge in [-0.3, -0.25) is 0 Å². The summed E-state index contributed by atoms with van der Waals surface area (Å²) < 4.78 is 11.0. The molecule has 0 unspecified atom stereocenters. The normalized spacial score (nSPS) is 10.6. The number of ether oxygens (including phenoxy) is 2. The van der Waals surface area contributed by atoms with Gasteiger partial charge >= 0.3 is 5.97 Å². The predicted octanol–water partition coefficient (Wildman–Crippen LogP) is 7.36. The van der Waals surface area contributed by atoms with Crippen molar-refractivity contribution < 1.29 is 14.3 Å². The Kier molecular flexibility index (Phi) is 11.4. The van der Waals surface area contributed by atoms with E-state index >= 15 is 0 Å². The molecule has 30 heavy (non-hydrogen) atoms. The Morgan fingerprint density at radius 3 is 1.77 bits per heavy atom. The van der Waals surface area contributed by atoms with Gasteiger partial charge in [-0.1, -0.05) is 94.0 Å². The zero-order valence-electron chi connectivity index (χ0n) is 18.4. The number of hydrogen-bond donors (Lipinski definition) is 0. The summed E-state index contributed by atoms with van der Waals surface area (Å²) in [4.78, 5) is 11.2. The van der Waals surface area contributed by atoms with Crippen molar-refractivity contribution in [3.8, 4) is 16.9 Å². The number of carbonyl (C=O) groups is 1. The zero-order chi connectivity index (χ0) is 21.4. The summed E-state index contributed by atoms with van der Waals surface area (Å²) in [7, 11) is 0. The maximum atomic E-state index is 11.2. The van der Waals surface area contributed by atoms with Gasteiger partial charge in [0.05, 0.1) is 13.2 Å². The Morgan fingerprint density at radius 2 is 1.20 bits per heavy atom. The van der Waals surface area contributed by atoms with Gasteiger partial charge in [0.2, 0.25) is 0 Å². The molecule has 2 rings (SSSR count). The van der Waals surface area contributed by atoms with Gasteiger partial charge in [0, 0.05) is 5.57 Å². The summed E-state index contributed by atoms with van der Waals surface area (Å²) in [6.45, 7) is 6.56. The fourth-order valence-electron chi connectivity index (χ4n) is 3.29. The summed E-state index contributed by atoms with van der Waals surface area (Å²) in [6.07, 6.45) is 10.7. The van der Waals surface area contributed by atoms with E-state index in [9.17, 15) is 4.79 Å². The number of unbranched alkanes of at least 4 members (excludes halogenated alkanes) is 8. The van der Waals surface area contributed by atoms with Crippen LogP contribution in [0.3, 0.4) is 0 Å². The molecule has 2 aromatic carbocycles. The third-order valence-corrected chi connectivity index (χ3v) is 5.10. The third-order valence-electron chi connectivity index (χ3n) is 5.10. The van der Waals surface area contributed by atoms with Crippen molar-refractivity contribution in [2.75, 3.05) is 13.2 Å². The molecule has 0 aromatic heterocycles. The molecule has 0 amide bonds. The molecule has 0 bridgehead atoms. The first-order valence-electron chi connectivity index (χ1n) is 11.3. The van der Waals surface area contributed by atoms with Crippen molar-refractivity contribution in [1.29, 1.82) is 0 Å². The maximum Gasteiger partial charge on any atom is 0.333 e. The average Bonchev–Trinajstić information content (AvgIpc) is 2.77. The van der Waals surface area contributed by atoms with E-state index in [1.807, 2.05) is 6.07 Å².